The van der Waals surface area contributed by atoms with Gasteiger partial charge in [0.1, 0.15) is 34.4 Å². The zero-order valence-corrected chi connectivity index (χ0v) is 34.0. The number of urea groups is 1. The van der Waals surface area contributed by atoms with Gasteiger partial charge in [-0.05, 0) is 55.9 Å². The van der Waals surface area contributed by atoms with Gasteiger partial charge in [0.25, 0.3) is 15.9 Å². The zero-order chi connectivity index (χ0) is 41.7. The molecule has 2 aromatic carbocycles. The van der Waals surface area contributed by atoms with E-state index in [-0.39, 0.29) is 49.8 Å². The SMILES string of the molecule is C=C[C@@H]1C[C@@]12NC(=O)[C@@H]1C[C@@H](OC(=O)N3Cc4cccc(F)c4C3)CN1C(=O)[C@@H](NC(=O)NC1CCCCC1)CCCCCCCNc1ccccc1S(=O)(=O)NC2=O. The lowest BCUT2D eigenvalue weighted by Crippen LogP contribution is -2.59. The predicted octanol–water partition coefficient (Wildman–Crippen LogP) is 4.58. The van der Waals surface area contributed by atoms with Crippen LogP contribution >= 0.6 is 0 Å². The first-order valence-electron chi connectivity index (χ1n) is 20.8. The second-order valence-electron chi connectivity index (χ2n) is 16.4. The number of carbonyl (C=O) groups is 5. The summed E-state index contributed by atoms with van der Waals surface area (Å²) in [5.41, 5.74) is -0.323. The largest absolute Gasteiger partial charge is 0.444 e. The molecule has 6 amide bonds. The summed E-state index contributed by atoms with van der Waals surface area (Å²) >= 11 is 0. The van der Waals surface area contributed by atoms with Crippen molar-refractivity contribution in [2.45, 2.75) is 131 Å². The van der Waals surface area contributed by atoms with E-state index < -0.39 is 75.3 Å². The number of hydrogen-bond acceptors (Lipinski definition) is 9. The zero-order valence-electron chi connectivity index (χ0n) is 33.2. The molecule has 5 aliphatic rings. The molecule has 0 unspecified atom stereocenters. The van der Waals surface area contributed by atoms with Crippen LogP contribution in [0.4, 0.5) is 19.7 Å². The molecule has 5 atom stereocenters. The fourth-order valence-corrected chi connectivity index (χ4v) is 10.1. The van der Waals surface area contributed by atoms with Crippen LogP contribution in [0.25, 0.3) is 0 Å². The number of halogens is 1. The molecule has 2 aliphatic carbocycles. The first-order valence-corrected chi connectivity index (χ1v) is 22.3. The minimum atomic E-state index is -4.41. The molecule has 0 aromatic heterocycles. The summed E-state index contributed by atoms with van der Waals surface area (Å²) in [5.74, 6) is -3.33. The second kappa shape index (κ2) is 18.0. The van der Waals surface area contributed by atoms with Gasteiger partial charge in [-0.1, -0.05) is 75.3 Å². The minimum absolute atomic E-state index is 0.00770. The summed E-state index contributed by atoms with van der Waals surface area (Å²) in [6.07, 6.45) is 8.41. The fraction of sp³-hybridized carbons (Fsp3) is 0.548. The van der Waals surface area contributed by atoms with E-state index in [1.165, 1.54) is 28.0 Å². The van der Waals surface area contributed by atoms with E-state index in [9.17, 15) is 36.8 Å². The highest BCUT2D eigenvalue weighted by Gasteiger charge is 2.61. The van der Waals surface area contributed by atoms with Gasteiger partial charge in [0.15, 0.2) is 0 Å². The number of sulfonamides is 1. The average molecular weight is 836 g/mol. The van der Waals surface area contributed by atoms with Gasteiger partial charge in [-0.25, -0.2) is 27.1 Å². The number of amides is 6. The molecule has 7 rings (SSSR count). The van der Waals surface area contributed by atoms with Crippen LogP contribution in [0, 0.1) is 11.7 Å². The summed E-state index contributed by atoms with van der Waals surface area (Å²) in [6, 6.07) is 8.11. The Morgan fingerprint density at radius 2 is 1.64 bits per heavy atom. The number of fused-ring (bicyclic) bond motifs is 3. The second-order valence-corrected chi connectivity index (χ2v) is 18.1. The maximum absolute atomic E-state index is 14.6. The van der Waals surface area contributed by atoms with Crippen molar-refractivity contribution in [2.75, 3.05) is 18.4 Å². The Balaban J connectivity index is 1.15. The lowest BCUT2D eigenvalue weighted by molar-refractivity contribution is -0.141. The van der Waals surface area contributed by atoms with Gasteiger partial charge < -0.3 is 30.9 Å². The number of rotatable bonds is 4. The molecule has 15 nitrogen and oxygen atoms in total. The Labute approximate surface area is 344 Å². The number of para-hydroxylation sites is 1. The van der Waals surface area contributed by atoms with Gasteiger partial charge in [0.2, 0.25) is 11.8 Å². The quantitative estimate of drug-likeness (QED) is 0.274. The normalized spacial score (nSPS) is 27.8. The maximum Gasteiger partial charge on any atom is 0.410 e. The Kier molecular flexibility index (Phi) is 12.8. The van der Waals surface area contributed by atoms with Crippen molar-refractivity contribution >= 4 is 45.6 Å². The molecule has 3 heterocycles. The highest BCUT2D eigenvalue weighted by Crippen LogP contribution is 2.45. The molecule has 318 valence electrons. The number of hydrogen-bond donors (Lipinski definition) is 5. The summed E-state index contributed by atoms with van der Waals surface area (Å²) in [6.45, 7) is 4.19. The number of anilines is 1. The molecule has 0 radical (unpaired) electrons. The highest BCUT2D eigenvalue weighted by molar-refractivity contribution is 7.90. The number of carbonyl (C=O) groups excluding carboxylic acids is 5. The molecule has 1 saturated heterocycles. The van der Waals surface area contributed by atoms with Gasteiger partial charge in [0.05, 0.1) is 18.8 Å². The molecule has 59 heavy (non-hydrogen) atoms. The van der Waals surface area contributed by atoms with Crippen LogP contribution < -0.4 is 26.0 Å². The van der Waals surface area contributed by atoms with Crippen molar-refractivity contribution < 1.29 is 41.5 Å². The average Bonchev–Trinajstić information content (AvgIpc) is 3.50. The molecule has 5 N–H and O–H groups in total. The lowest BCUT2D eigenvalue weighted by atomic mass is 9.96. The van der Waals surface area contributed by atoms with Crippen LogP contribution in [0.5, 0.6) is 0 Å². The Hall–Kier alpha value is -5.19. The first-order chi connectivity index (χ1) is 28.4. The van der Waals surface area contributed by atoms with E-state index in [0.29, 0.717) is 29.8 Å². The molecular formula is C42H54FN7O8S. The first kappa shape index (κ1) is 42.0. The van der Waals surface area contributed by atoms with Crippen molar-refractivity contribution in [3.63, 3.8) is 0 Å². The third-order valence-electron chi connectivity index (χ3n) is 12.3. The van der Waals surface area contributed by atoms with Gasteiger partial charge in [0, 0.05) is 37.0 Å². The topological polar surface area (TPSA) is 195 Å². The molecular weight excluding hydrogens is 782 g/mol. The van der Waals surface area contributed by atoms with Gasteiger partial charge >= 0.3 is 12.1 Å². The number of ether oxygens (including phenoxy) is 1. The standard InChI is InChI=1S/C42H54FN7O8S/c1-2-28-23-42(28)39(53)48-59(56,57)36-20-11-10-18-33(36)44-21-12-5-3-4-9-19-34(46-40(54)45-29-15-7-6-8-16-29)38(52)50-25-30(22-35(50)37(51)47-42)58-41(55)49-24-27-14-13-17-32(43)31(27)26-49/h2,10-11,13-14,17-18,20,28-30,34-35,44H,1,3-9,12,15-16,19,21-26H2,(H,47,51)(H,48,53)(H2,45,46,54)/t28-,30-,34+,35+,42-/m1/s1. The van der Waals surface area contributed by atoms with Crippen LogP contribution in [0.2, 0.25) is 0 Å². The summed E-state index contributed by atoms with van der Waals surface area (Å²) in [7, 11) is -4.41. The predicted molar refractivity (Wildman–Crippen MR) is 216 cm³/mol. The van der Waals surface area contributed by atoms with Crippen molar-refractivity contribution in [2.24, 2.45) is 5.92 Å². The van der Waals surface area contributed by atoms with E-state index in [1.54, 1.807) is 30.3 Å². The summed E-state index contributed by atoms with van der Waals surface area (Å²) in [4.78, 5) is 72.5. The maximum atomic E-state index is 14.6. The molecule has 0 bridgehead atoms. The van der Waals surface area contributed by atoms with Crippen LogP contribution in [0.3, 0.4) is 0 Å². The number of nitrogens with zero attached hydrogens (tertiary/aromatic N) is 2. The Morgan fingerprint density at radius 3 is 2.41 bits per heavy atom. The van der Waals surface area contributed by atoms with Crippen LogP contribution in [-0.2, 0) is 42.2 Å². The lowest BCUT2D eigenvalue weighted by Gasteiger charge is -2.30. The summed E-state index contributed by atoms with van der Waals surface area (Å²) in [5, 5.41) is 11.8. The van der Waals surface area contributed by atoms with E-state index in [2.05, 4.69) is 32.6 Å². The number of benzene rings is 2. The number of nitrogens with one attached hydrogen (secondary N) is 5. The third kappa shape index (κ3) is 9.50. The van der Waals surface area contributed by atoms with Crippen LogP contribution in [0.1, 0.15) is 94.6 Å². The van der Waals surface area contributed by atoms with Crippen molar-refractivity contribution in [3.8, 4) is 0 Å². The molecule has 2 saturated carbocycles. The summed E-state index contributed by atoms with van der Waals surface area (Å²) < 4.78 is 50.0. The smallest absolute Gasteiger partial charge is 0.410 e. The van der Waals surface area contributed by atoms with E-state index in [4.69, 9.17) is 4.74 Å². The molecule has 1 spiro atoms. The monoisotopic (exact) mass is 835 g/mol. The third-order valence-corrected chi connectivity index (χ3v) is 13.7. The van der Waals surface area contributed by atoms with Crippen LogP contribution in [0.15, 0.2) is 60.0 Å². The van der Waals surface area contributed by atoms with Crippen molar-refractivity contribution in [1.29, 1.82) is 0 Å². The van der Waals surface area contributed by atoms with Crippen LogP contribution in [-0.4, -0.2) is 90.9 Å². The van der Waals surface area contributed by atoms with Gasteiger partial charge in [-0.15, -0.1) is 6.58 Å². The van der Waals surface area contributed by atoms with Crippen molar-refractivity contribution in [3.05, 3.63) is 72.1 Å². The molecule has 3 fully saturated rings. The molecule has 17 heteroatoms. The Morgan fingerprint density at radius 1 is 0.915 bits per heavy atom. The van der Waals surface area contributed by atoms with E-state index in [1.807, 2.05) is 0 Å². The van der Waals surface area contributed by atoms with Crippen molar-refractivity contribution in [1.82, 2.24) is 30.5 Å². The highest BCUT2D eigenvalue weighted by atomic mass is 32.2. The van der Waals surface area contributed by atoms with E-state index in [0.717, 1.165) is 57.8 Å². The van der Waals surface area contributed by atoms with Gasteiger partial charge in [-0.3, -0.25) is 19.3 Å². The molecule has 3 aliphatic heterocycles. The fourth-order valence-electron chi connectivity index (χ4n) is 8.87. The Bertz CT molecular complexity index is 2060. The van der Waals surface area contributed by atoms with E-state index >= 15 is 0 Å². The molecule has 2 aromatic rings. The van der Waals surface area contributed by atoms with Gasteiger partial charge in [-0.2, -0.15) is 0 Å². The minimum Gasteiger partial charge on any atom is -0.444 e.